The van der Waals surface area contributed by atoms with Gasteiger partial charge >= 0.3 is 0 Å². The van der Waals surface area contributed by atoms with Crippen LogP contribution in [0.4, 0.5) is 11.6 Å². The Bertz CT molecular complexity index is 609. The fourth-order valence-electron chi connectivity index (χ4n) is 4.27. The molecule has 2 saturated heterocycles. The van der Waals surface area contributed by atoms with Gasteiger partial charge < -0.3 is 15.1 Å². The first-order valence-corrected chi connectivity index (χ1v) is 11.0. The zero-order valence-corrected chi connectivity index (χ0v) is 17.6. The van der Waals surface area contributed by atoms with Crippen LogP contribution in [0.25, 0.3) is 0 Å². The van der Waals surface area contributed by atoms with E-state index in [1.807, 2.05) is 6.07 Å². The summed E-state index contributed by atoms with van der Waals surface area (Å²) < 4.78 is 0. The van der Waals surface area contributed by atoms with Crippen molar-refractivity contribution in [2.75, 3.05) is 62.6 Å². The van der Waals surface area contributed by atoms with Crippen LogP contribution in [0.3, 0.4) is 0 Å². The van der Waals surface area contributed by atoms with E-state index in [9.17, 15) is 4.79 Å². The Morgan fingerprint density at radius 3 is 2.54 bits per heavy atom. The maximum absolute atomic E-state index is 12.6. The second kappa shape index (κ2) is 10.6. The molecule has 1 N–H and O–H groups in total. The number of carbonyl (C=O) groups excluding carboxylic acids is 1. The van der Waals surface area contributed by atoms with Gasteiger partial charge in [-0.15, -0.1) is 0 Å². The maximum atomic E-state index is 12.6. The standard InChI is InChI=1S/C21H36N6O/c1-3-9-25-12-14-27(15-13-25)21(28)6-5-18-7-10-26(11-8-18)20-16-19(22-4-2)23-17-24-20/h16-18H,3-15H2,1-2H3,(H,22,23,24). The van der Waals surface area contributed by atoms with E-state index >= 15 is 0 Å². The summed E-state index contributed by atoms with van der Waals surface area (Å²) in [6.45, 7) is 12.2. The fraction of sp³-hybridized carbons (Fsp3) is 0.762. The number of hydrogen-bond donors (Lipinski definition) is 1. The molecule has 7 heteroatoms. The van der Waals surface area contributed by atoms with Crippen LogP contribution in [-0.4, -0.2) is 78.0 Å². The first-order chi connectivity index (χ1) is 13.7. The number of piperidine rings is 1. The topological polar surface area (TPSA) is 64.6 Å². The monoisotopic (exact) mass is 388 g/mol. The highest BCUT2D eigenvalue weighted by Gasteiger charge is 2.24. The molecule has 2 aliphatic rings. The largest absolute Gasteiger partial charge is 0.370 e. The summed E-state index contributed by atoms with van der Waals surface area (Å²) in [6, 6.07) is 2.03. The van der Waals surface area contributed by atoms with E-state index in [2.05, 4.69) is 43.8 Å². The predicted molar refractivity (Wildman–Crippen MR) is 114 cm³/mol. The minimum absolute atomic E-state index is 0.352. The first-order valence-electron chi connectivity index (χ1n) is 11.0. The van der Waals surface area contributed by atoms with Crippen molar-refractivity contribution in [3.63, 3.8) is 0 Å². The van der Waals surface area contributed by atoms with Gasteiger partial charge in [0.15, 0.2) is 0 Å². The number of piperazine rings is 1. The lowest BCUT2D eigenvalue weighted by Gasteiger charge is -2.35. The molecule has 156 valence electrons. The number of anilines is 2. The third kappa shape index (κ3) is 5.80. The van der Waals surface area contributed by atoms with Gasteiger partial charge in [-0.25, -0.2) is 9.97 Å². The molecule has 0 aliphatic carbocycles. The summed E-state index contributed by atoms with van der Waals surface area (Å²) in [5, 5.41) is 3.25. The van der Waals surface area contributed by atoms with Gasteiger partial charge in [0.05, 0.1) is 0 Å². The summed E-state index contributed by atoms with van der Waals surface area (Å²) in [4.78, 5) is 28.1. The fourth-order valence-corrected chi connectivity index (χ4v) is 4.27. The van der Waals surface area contributed by atoms with Gasteiger partial charge in [0.2, 0.25) is 5.91 Å². The van der Waals surface area contributed by atoms with Crippen LogP contribution in [0.2, 0.25) is 0 Å². The molecule has 3 rings (SSSR count). The van der Waals surface area contributed by atoms with Crippen molar-refractivity contribution in [1.29, 1.82) is 0 Å². The maximum Gasteiger partial charge on any atom is 0.222 e. The molecule has 0 atom stereocenters. The molecule has 0 spiro atoms. The van der Waals surface area contributed by atoms with Gasteiger partial charge in [0.25, 0.3) is 0 Å². The summed E-state index contributed by atoms with van der Waals surface area (Å²) in [6.07, 6.45) is 6.83. The van der Waals surface area contributed by atoms with Gasteiger partial charge in [0, 0.05) is 58.3 Å². The van der Waals surface area contributed by atoms with Gasteiger partial charge in [-0.3, -0.25) is 9.69 Å². The summed E-state index contributed by atoms with van der Waals surface area (Å²) in [5.74, 6) is 2.89. The Hall–Kier alpha value is -1.89. The Morgan fingerprint density at radius 2 is 1.86 bits per heavy atom. The zero-order valence-electron chi connectivity index (χ0n) is 17.6. The van der Waals surface area contributed by atoms with E-state index in [-0.39, 0.29) is 0 Å². The van der Waals surface area contributed by atoms with Gasteiger partial charge in [-0.2, -0.15) is 0 Å². The lowest BCUT2D eigenvalue weighted by molar-refractivity contribution is -0.133. The lowest BCUT2D eigenvalue weighted by atomic mass is 9.92. The van der Waals surface area contributed by atoms with Crippen molar-refractivity contribution >= 4 is 17.5 Å². The molecule has 28 heavy (non-hydrogen) atoms. The lowest BCUT2D eigenvalue weighted by Crippen LogP contribution is -2.48. The average molecular weight is 389 g/mol. The predicted octanol–water partition coefficient (Wildman–Crippen LogP) is 2.46. The molecule has 1 aromatic rings. The quantitative estimate of drug-likeness (QED) is 0.738. The van der Waals surface area contributed by atoms with E-state index in [0.29, 0.717) is 18.2 Å². The molecule has 0 unspecified atom stereocenters. The summed E-state index contributed by atoms with van der Waals surface area (Å²) in [5.41, 5.74) is 0. The molecule has 7 nitrogen and oxygen atoms in total. The van der Waals surface area contributed by atoms with Crippen LogP contribution in [0.5, 0.6) is 0 Å². The molecule has 1 amide bonds. The molecule has 0 saturated carbocycles. The summed E-state index contributed by atoms with van der Waals surface area (Å²) >= 11 is 0. The number of nitrogens with zero attached hydrogens (tertiary/aromatic N) is 5. The highest BCUT2D eigenvalue weighted by Crippen LogP contribution is 2.26. The average Bonchev–Trinajstić information content (AvgIpc) is 2.74. The van der Waals surface area contributed by atoms with Crippen molar-refractivity contribution < 1.29 is 4.79 Å². The van der Waals surface area contributed by atoms with Crippen LogP contribution in [0.1, 0.15) is 46.0 Å². The van der Waals surface area contributed by atoms with Crippen LogP contribution in [0, 0.1) is 5.92 Å². The molecule has 3 heterocycles. The second-order valence-corrected chi connectivity index (χ2v) is 7.98. The van der Waals surface area contributed by atoms with E-state index in [1.165, 1.54) is 6.42 Å². The van der Waals surface area contributed by atoms with E-state index in [4.69, 9.17) is 0 Å². The van der Waals surface area contributed by atoms with E-state index < -0.39 is 0 Å². The number of amides is 1. The van der Waals surface area contributed by atoms with Gasteiger partial charge in [-0.1, -0.05) is 6.92 Å². The Labute approximate surface area is 169 Å². The number of nitrogens with one attached hydrogen (secondary N) is 1. The molecule has 1 aromatic heterocycles. The molecule has 2 aliphatic heterocycles. The van der Waals surface area contributed by atoms with Crippen LogP contribution in [-0.2, 0) is 4.79 Å². The molecular formula is C21H36N6O. The molecule has 0 bridgehead atoms. The van der Waals surface area contributed by atoms with Crippen LogP contribution < -0.4 is 10.2 Å². The normalized spacial score (nSPS) is 19.1. The zero-order chi connectivity index (χ0) is 19.8. The van der Waals surface area contributed by atoms with Gasteiger partial charge in [-0.05, 0) is 45.1 Å². The smallest absolute Gasteiger partial charge is 0.222 e. The molecular weight excluding hydrogens is 352 g/mol. The second-order valence-electron chi connectivity index (χ2n) is 7.98. The number of rotatable bonds is 8. The minimum Gasteiger partial charge on any atom is -0.370 e. The summed E-state index contributed by atoms with van der Waals surface area (Å²) in [7, 11) is 0. The number of aromatic nitrogens is 2. The Balaban J connectivity index is 1.38. The van der Waals surface area contributed by atoms with Crippen molar-refractivity contribution in [3.05, 3.63) is 12.4 Å². The minimum atomic E-state index is 0.352. The van der Waals surface area contributed by atoms with Crippen molar-refractivity contribution in [1.82, 2.24) is 19.8 Å². The molecule has 0 radical (unpaired) electrons. The van der Waals surface area contributed by atoms with Crippen molar-refractivity contribution in [2.45, 2.75) is 46.0 Å². The molecule has 0 aromatic carbocycles. The molecule has 2 fully saturated rings. The Morgan fingerprint density at radius 1 is 1.11 bits per heavy atom. The van der Waals surface area contributed by atoms with E-state index in [0.717, 1.165) is 83.3 Å². The van der Waals surface area contributed by atoms with E-state index in [1.54, 1.807) is 6.33 Å². The third-order valence-electron chi connectivity index (χ3n) is 5.98. The van der Waals surface area contributed by atoms with Crippen LogP contribution >= 0.6 is 0 Å². The third-order valence-corrected chi connectivity index (χ3v) is 5.98. The van der Waals surface area contributed by atoms with Crippen LogP contribution in [0.15, 0.2) is 12.4 Å². The SMILES string of the molecule is CCCN1CCN(C(=O)CCC2CCN(c3cc(NCC)ncn3)CC2)CC1. The number of carbonyl (C=O) groups is 1. The van der Waals surface area contributed by atoms with Crippen molar-refractivity contribution in [3.8, 4) is 0 Å². The van der Waals surface area contributed by atoms with Crippen molar-refractivity contribution in [2.24, 2.45) is 5.92 Å². The highest BCUT2D eigenvalue weighted by molar-refractivity contribution is 5.76. The highest BCUT2D eigenvalue weighted by atomic mass is 16.2. The van der Waals surface area contributed by atoms with Gasteiger partial charge in [0.1, 0.15) is 18.0 Å². The first kappa shape index (κ1) is 20.8. The number of hydrogen-bond acceptors (Lipinski definition) is 6. The Kier molecular flexibility index (Phi) is 7.89.